The highest BCUT2D eigenvalue weighted by molar-refractivity contribution is 7.19. The van der Waals surface area contributed by atoms with E-state index in [0.29, 0.717) is 17.3 Å². The van der Waals surface area contributed by atoms with Gasteiger partial charge in [0, 0.05) is 10.6 Å². The van der Waals surface area contributed by atoms with Gasteiger partial charge in [-0.2, -0.15) is 0 Å². The fourth-order valence-electron chi connectivity index (χ4n) is 4.13. The topological polar surface area (TPSA) is 81.3 Å². The van der Waals surface area contributed by atoms with Gasteiger partial charge < -0.3 is 5.32 Å². The fourth-order valence-corrected chi connectivity index (χ4v) is 5.47. The number of thiophene rings is 1. The van der Waals surface area contributed by atoms with Crippen molar-refractivity contribution < 1.29 is 4.79 Å². The van der Waals surface area contributed by atoms with Crippen molar-refractivity contribution >= 4 is 38.8 Å². The van der Waals surface area contributed by atoms with Crippen LogP contribution in [0.3, 0.4) is 0 Å². The van der Waals surface area contributed by atoms with Crippen molar-refractivity contribution in [3.8, 4) is 0 Å². The zero-order valence-electron chi connectivity index (χ0n) is 17.0. The van der Waals surface area contributed by atoms with E-state index < -0.39 is 0 Å². The molecule has 0 saturated carbocycles. The summed E-state index contributed by atoms with van der Waals surface area (Å²) in [7, 11) is 0. The largest absolute Gasteiger partial charge is 0.352 e. The maximum atomic E-state index is 12.8. The van der Waals surface area contributed by atoms with Gasteiger partial charge in [-0.25, -0.2) is 18.9 Å². The van der Waals surface area contributed by atoms with Gasteiger partial charge in [0.1, 0.15) is 17.7 Å². The highest BCUT2D eigenvalue weighted by Crippen LogP contribution is 2.38. The Morgan fingerprint density at radius 1 is 1.30 bits per heavy atom. The minimum Gasteiger partial charge on any atom is -0.324 e. The van der Waals surface area contributed by atoms with Gasteiger partial charge in [0.15, 0.2) is 5.65 Å². The number of nitrogens with zero attached hydrogens (tertiary/aromatic N) is 4. The van der Waals surface area contributed by atoms with Crippen molar-refractivity contribution in [3.63, 3.8) is 0 Å². The summed E-state index contributed by atoms with van der Waals surface area (Å²) in [5.41, 5.74) is 3.43. The number of nitrogens with one attached hydrogen (secondary N) is 1. The average Bonchev–Trinajstić information content (AvgIpc) is 3.25. The van der Waals surface area contributed by atoms with Gasteiger partial charge in [-0.1, -0.05) is 26.0 Å². The Hall–Kier alpha value is -3.00. The van der Waals surface area contributed by atoms with E-state index in [4.69, 9.17) is 0 Å². The van der Waals surface area contributed by atoms with E-state index in [2.05, 4.69) is 29.2 Å². The molecule has 3 heterocycles. The molecule has 1 atom stereocenters. The predicted octanol–water partition coefficient (Wildman–Crippen LogP) is 3.43. The van der Waals surface area contributed by atoms with E-state index in [9.17, 15) is 9.59 Å². The van der Waals surface area contributed by atoms with Crippen LogP contribution in [0.4, 0.5) is 5.69 Å². The summed E-state index contributed by atoms with van der Waals surface area (Å²) in [6, 6.07) is 7.70. The van der Waals surface area contributed by atoms with Gasteiger partial charge in [-0.15, -0.1) is 16.4 Å². The van der Waals surface area contributed by atoms with Crippen LogP contribution in [0.25, 0.3) is 15.9 Å². The third kappa shape index (κ3) is 3.21. The third-order valence-corrected chi connectivity index (χ3v) is 6.98. The van der Waals surface area contributed by atoms with Crippen molar-refractivity contribution in [3.05, 3.63) is 57.1 Å². The lowest BCUT2D eigenvalue weighted by molar-refractivity contribution is -0.117. The predicted molar refractivity (Wildman–Crippen MR) is 118 cm³/mol. The molecular weight excluding hydrogens is 398 g/mol. The summed E-state index contributed by atoms with van der Waals surface area (Å²) >= 11 is 1.70. The second-order valence-electron chi connectivity index (χ2n) is 8.01. The summed E-state index contributed by atoms with van der Waals surface area (Å²) in [4.78, 5) is 32.1. The lowest BCUT2D eigenvalue weighted by Gasteiger charge is -2.17. The number of benzene rings is 1. The van der Waals surface area contributed by atoms with Crippen LogP contribution >= 0.6 is 11.3 Å². The van der Waals surface area contributed by atoms with E-state index in [1.54, 1.807) is 11.3 Å². The highest BCUT2D eigenvalue weighted by atomic mass is 32.1. The van der Waals surface area contributed by atoms with Crippen LogP contribution in [-0.2, 0) is 30.6 Å². The van der Waals surface area contributed by atoms with Crippen LogP contribution in [0.1, 0.15) is 36.3 Å². The van der Waals surface area contributed by atoms with Crippen LogP contribution < -0.4 is 11.0 Å². The molecule has 0 aliphatic heterocycles. The molecule has 154 valence electrons. The van der Waals surface area contributed by atoms with Crippen LogP contribution in [0, 0.1) is 5.92 Å². The molecule has 0 saturated heterocycles. The Labute approximate surface area is 177 Å². The second kappa shape index (κ2) is 7.36. The zero-order chi connectivity index (χ0) is 20.8. The average molecular weight is 422 g/mol. The molecule has 30 heavy (non-hydrogen) atoms. The number of fused-ring (bicyclic) bond motifs is 5. The van der Waals surface area contributed by atoms with Gasteiger partial charge in [-0.05, 0) is 54.9 Å². The van der Waals surface area contributed by atoms with Crippen molar-refractivity contribution in [2.75, 3.05) is 5.32 Å². The Morgan fingerprint density at radius 2 is 2.10 bits per heavy atom. The minimum atomic E-state index is -0.347. The Kier molecular flexibility index (Phi) is 4.66. The standard InChI is InChI=1S/C22H23N5O2S/c1-3-14-5-7-15(8-6-14)24-18(28)11-27-22(29)26-12-23-21-19(20(26)25-27)16-9-4-13(2)10-17(16)30-21/h5-8,12-13H,3-4,9-11H2,1-2H3,(H,24,28)/t13-/m1/s1. The molecule has 7 nitrogen and oxygen atoms in total. The highest BCUT2D eigenvalue weighted by Gasteiger charge is 2.24. The monoisotopic (exact) mass is 421 g/mol. The van der Waals surface area contributed by atoms with E-state index in [-0.39, 0.29) is 18.1 Å². The summed E-state index contributed by atoms with van der Waals surface area (Å²) in [6.45, 7) is 4.21. The van der Waals surface area contributed by atoms with Gasteiger partial charge in [0.2, 0.25) is 5.91 Å². The van der Waals surface area contributed by atoms with Gasteiger partial charge >= 0.3 is 5.69 Å². The number of carbonyl (C=O) groups is 1. The molecular formula is C22H23N5O2S. The number of carbonyl (C=O) groups excluding carboxylic acids is 1. The van der Waals surface area contributed by atoms with E-state index in [1.807, 2.05) is 24.3 Å². The molecule has 4 aromatic rings. The van der Waals surface area contributed by atoms with Crippen molar-refractivity contribution in [1.82, 2.24) is 19.2 Å². The number of rotatable bonds is 4. The Balaban J connectivity index is 1.47. The first-order valence-corrected chi connectivity index (χ1v) is 11.1. The summed E-state index contributed by atoms with van der Waals surface area (Å²) < 4.78 is 2.68. The van der Waals surface area contributed by atoms with Crippen molar-refractivity contribution in [1.29, 1.82) is 0 Å². The SMILES string of the molecule is CCc1ccc(NC(=O)Cn2nc3c4c5c(sc4ncn3c2=O)C[C@H](C)CC5)cc1. The molecule has 1 N–H and O–H groups in total. The molecule has 0 unspecified atom stereocenters. The molecule has 0 bridgehead atoms. The number of hydrogen-bond donors (Lipinski definition) is 1. The molecule has 1 aliphatic rings. The molecule has 5 rings (SSSR count). The number of hydrogen-bond acceptors (Lipinski definition) is 5. The third-order valence-electron chi connectivity index (χ3n) is 5.82. The Morgan fingerprint density at radius 3 is 2.87 bits per heavy atom. The van der Waals surface area contributed by atoms with Crippen molar-refractivity contribution in [2.45, 2.75) is 46.1 Å². The molecule has 1 aliphatic carbocycles. The van der Waals surface area contributed by atoms with Crippen LogP contribution in [0.2, 0.25) is 0 Å². The Bertz CT molecular complexity index is 1320. The lowest BCUT2D eigenvalue weighted by atomic mass is 9.89. The fraction of sp³-hybridized carbons (Fsp3) is 0.364. The maximum Gasteiger partial charge on any atom is 0.352 e. The maximum absolute atomic E-state index is 12.8. The normalized spacial score (nSPS) is 16.1. The first-order chi connectivity index (χ1) is 14.5. The van der Waals surface area contributed by atoms with Crippen molar-refractivity contribution in [2.24, 2.45) is 5.92 Å². The van der Waals surface area contributed by atoms with Crippen LogP contribution in [0.15, 0.2) is 35.4 Å². The van der Waals surface area contributed by atoms with E-state index in [1.165, 1.54) is 31.4 Å². The molecule has 1 amide bonds. The van der Waals surface area contributed by atoms with Crippen LogP contribution in [0.5, 0.6) is 0 Å². The van der Waals surface area contributed by atoms with E-state index in [0.717, 1.165) is 35.9 Å². The summed E-state index contributed by atoms with van der Waals surface area (Å²) in [6.07, 6.45) is 5.62. The number of amides is 1. The molecule has 1 aromatic carbocycles. The first kappa shape index (κ1) is 19.0. The summed E-state index contributed by atoms with van der Waals surface area (Å²) in [5, 5.41) is 8.33. The molecule has 0 radical (unpaired) electrons. The van der Waals surface area contributed by atoms with Crippen LogP contribution in [-0.4, -0.2) is 25.1 Å². The number of anilines is 1. The quantitative estimate of drug-likeness (QED) is 0.547. The number of aromatic nitrogens is 4. The molecule has 8 heteroatoms. The first-order valence-electron chi connectivity index (χ1n) is 10.3. The zero-order valence-corrected chi connectivity index (χ0v) is 17.8. The minimum absolute atomic E-state index is 0.138. The van der Waals surface area contributed by atoms with Gasteiger partial charge in [0.05, 0.1) is 5.39 Å². The second-order valence-corrected chi connectivity index (χ2v) is 9.09. The van der Waals surface area contributed by atoms with Gasteiger partial charge in [0.25, 0.3) is 0 Å². The van der Waals surface area contributed by atoms with E-state index >= 15 is 0 Å². The summed E-state index contributed by atoms with van der Waals surface area (Å²) in [5.74, 6) is 0.381. The van der Waals surface area contributed by atoms with Gasteiger partial charge in [-0.3, -0.25) is 4.79 Å². The smallest absolute Gasteiger partial charge is 0.324 e. The number of aryl methyl sites for hydroxylation is 2. The molecule has 0 spiro atoms. The molecule has 0 fully saturated rings. The lowest BCUT2D eigenvalue weighted by Crippen LogP contribution is -2.28. The molecule has 3 aromatic heterocycles.